The Balaban J connectivity index is 1.86. The molecule has 1 atom stereocenters. The van der Waals surface area contributed by atoms with Gasteiger partial charge in [-0.2, -0.15) is 0 Å². The molecule has 13 heavy (non-hydrogen) atoms. The molecule has 0 aromatic carbocycles. The van der Waals surface area contributed by atoms with Gasteiger partial charge in [0.2, 0.25) is 5.91 Å². The van der Waals surface area contributed by atoms with E-state index in [0.717, 1.165) is 32.3 Å². The van der Waals surface area contributed by atoms with E-state index >= 15 is 0 Å². The maximum atomic E-state index is 11.5. The number of rotatable bonds is 2. The van der Waals surface area contributed by atoms with E-state index < -0.39 is 0 Å². The molecule has 2 rings (SSSR count). The molecule has 0 spiro atoms. The first kappa shape index (κ1) is 9.00. The molecule has 2 fully saturated rings. The van der Waals surface area contributed by atoms with E-state index in [-0.39, 0.29) is 11.4 Å². The highest BCUT2D eigenvalue weighted by Crippen LogP contribution is 2.30. The second-order valence-corrected chi connectivity index (χ2v) is 4.48. The Kier molecular flexibility index (Phi) is 2.28. The van der Waals surface area contributed by atoms with Crippen LogP contribution in [0.4, 0.5) is 0 Å². The standard InChI is InChI=1S/C10H17NO2/c1-10(5-2-6-13-7-10)11-9(12)8-3-4-8/h8H,2-7H2,1H3,(H,11,12). The lowest BCUT2D eigenvalue weighted by atomic mass is 9.94. The van der Waals surface area contributed by atoms with E-state index in [0.29, 0.717) is 12.5 Å². The smallest absolute Gasteiger partial charge is 0.223 e. The van der Waals surface area contributed by atoms with Crippen LogP contribution in [0.2, 0.25) is 0 Å². The minimum absolute atomic E-state index is 0.0993. The largest absolute Gasteiger partial charge is 0.379 e. The predicted molar refractivity (Wildman–Crippen MR) is 49.3 cm³/mol. The van der Waals surface area contributed by atoms with E-state index in [1.165, 1.54) is 0 Å². The van der Waals surface area contributed by atoms with Gasteiger partial charge in [-0.25, -0.2) is 0 Å². The Morgan fingerprint density at radius 1 is 1.54 bits per heavy atom. The molecule has 1 saturated heterocycles. The number of carbonyl (C=O) groups is 1. The fourth-order valence-corrected chi connectivity index (χ4v) is 1.78. The van der Waals surface area contributed by atoms with E-state index in [1.54, 1.807) is 0 Å². The van der Waals surface area contributed by atoms with Crippen molar-refractivity contribution in [2.45, 2.75) is 38.1 Å². The Morgan fingerprint density at radius 3 is 2.85 bits per heavy atom. The summed E-state index contributed by atoms with van der Waals surface area (Å²) in [7, 11) is 0. The summed E-state index contributed by atoms with van der Waals surface area (Å²) in [6.07, 6.45) is 4.25. The monoisotopic (exact) mass is 183 g/mol. The lowest BCUT2D eigenvalue weighted by Gasteiger charge is -2.34. The van der Waals surface area contributed by atoms with Crippen LogP contribution in [0.25, 0.3) is 0 Å². The van der Waals surface area contributed by atoms with Crippen LogP contribution in [0, 0.1) is 5.92 Å². The molecular weight excluding hydrogens is 166 g/mol. The number of nitrogens with one attached hydrogen (secondary N) is 1. The van der Waals surface area contributed by atoms with Crippen LogP contribution in [0.1, 0.15) is 32.6 Å². The topological polar surface area (TPSA) is 38.3 Å². The van der Waals surface area contributed by atoms with Gasteiger partial charge in [0.15, 0.2) is 0 Å². The zero-order valence-corrected chi connectivity index (χ0v) is 8.14. The summed E-state index contributed by atoms with van der Waals surface area (Å²) in [6, 6.07) is 0. The SMILES string of the molecule is CC1(NC(=O)C2CC2)CCCOC1. The van der Waals surface area contributed by atoms with Gasteiger partial charge in [-0.1, -0.05) is 0 Å². The molecule has 1 N–H and O–H groups in total. The quantitative estimate of drug-likeness (QED) is 0.695. The van der Waals surface area contributed by atoms with Gasteiger partial charge in [0, 0.05) is 12.5 Å². The third-order valence-electron chi connectivity index (χ3n) is 2.81. The highest BCUT2D eigenvalue weighted by Gasteiger charge is 2.35. The second-order valence-electron chi connectivity index (χ2n) is 4.48. The van der Waals surface area contributed by atoms with Crippen LogP contribution in [-0.2, 0) is 9.53 Å². The normalized spacial score (nSPS) is 34.2. The van der Waals surface area contributed by atoms with Gasteiger partial charge in [-0.15, -0.1) is 0 Å². The molecule has 0 bridgehead atoms. The van der Waals surface area contributed by atoms with E-state index in [2.05, 4.69) is 12.2 Å². The Morgan fingerprint density at radius 2 is 2.31 bits per heavy atom. The van der Waals surface area contributed by atoms with Gasteiger partial charge in [-0.3, -0.25) is 4.79 Å². The third kappa shape index (κ3) is 2.21. The summed E-state index contributed by atoms with van der Waals surface area (Å²) in [6.45, 7) is 3.59. The van der Waals surface area contributed by atoms with Gasteiger partial charge in [0.1, 0.15) is 0 Å². The van der Waals surface area contributed by atoms with E-state index in [4.69, 9.17) is 4.74 Å². The van der Waals surface area contributed by atoms with Crippen molar-refractivity contribution < 1.29 is 9.53 Å². The third-order valence-corrected chi connectivity index (χ3v) is 2.81. The summed E-state index contributed by atoms with van der Waals surface area (Å²) in [5.74, 6) is 0.534. The van der Waals surface area contributed by atoms with Crippen LogP contribution < -0.4 is 5.32 Å². The molecular formula is C10H17NO2. The zero-order valence-electron chi connectivity index (χ0n) is 8.14. The Bertz CT molecular complexity index is 205. The second kappa shape index (κ2) is 3.29. The number of hydrogen-bond donors (Lipinski definition) is 1. The first-order valence-corrected chi connectivity index (χ1v) is 5.09. The average Bonchev–Trinajstić information content (AvgIpc) is 2.86. The van der Waals surface area contributed by atoms with E-state index in [1.807, 2.05) is 0 Å². The molecule has 2 aliphatic rings. The Labute approximate surface area is 78.8 Å². The van der Waals surface area contributed by atoms with Crippen molar-refractivity contribution in [3.8, 4) is 0 Å². The molecule has 0 aromatic rings. The predicted octanol–water partition coefficient (Wildman–Crippen LogP) is 1.08. The van der Waals surface area contributed by atoms with Crippen molar-refractivity contribution in [3.63, 3.8) is 0 Å². The first-order chi connectivity index (χ1) is 6.20. The summed E-state index contributed by atoms with van der Waals surface area (Å²) in [4.78, 5) is 11.5. The van der Waals surface area contributed by atoms with Crippen LogP contribution in [-0.4, -0.2) is 24.7 Å². The molecule has 3 nitrogen and oxygen atoms in total. The molecule has 74 valence electrons. The maximum absolute atomic E-state index is 11.5. The van der Waals surface area contributed by atoms with Gasteiger partial charge >= 0.3 is 0 Å². The number of hydrogen-bond acceptors (Lipinski definition) is 2. The molecule has 0 aromatic heterocycles. The van der Waals surface area contributed by atoms with Crippen molar-refractivity contribution >= 4 is 5.91 Å². The van der Waals surface area contributed by atoms with Crippen LogP contribution in [0.15, 0.2) is 0 Å². The molecule has 3 heteroatoms. The number of carbonyl (C=O) groups excluding carboxylic acids is 1. The average molecular weight is 183 g/mol. The van der Waals surface area contributed by atoms with Gasteiger partial charge in [-0.05, 0) is 32.6 Å². The summed E-state index contributed by atoms with van der Waals surface area (Å²) >= 11 is 0. The van der Waals surface area contributed by atoms with Crippen LogP contribution in [0.5, 0.6) is 0 Å². The van der Waals surface area contributed by atoms with Gasteiger partial charge in [0.25, 0.3) is 0 Å². The fourth-order valence-electron chi connectivity index (χ4n) is 1.78. The van der Waals surface area contributed by atoms with Crippen molar-refractivity contribution in [1.29, 1.82) is 0 Å². The van der Waals surface area contributed by atoms with Gasteiger partial charge in [0.05, 0.1) is 12.1 Å². The highest BCUT2D eigenvalue weighted by molar-refractivity contribution is 5.81. The molecule has 1 aliphatic carbocycles. The molecule has 1 heterocycles. The zero-order chi connectivity index (χ0) is 9.31. The Hall–Kier alpha value is -0.570. The summed E-state index contributed by atoms with van der Waals surface area (Å²) in [5, 5.41) is 3.09. The summed E-state index contributed by atoms with van der Waals surface area (Å²) in [5.41, 5.74) is -0.0993. The lowest BCUT2D eigenvalue weighted by molar-refractivity contribution is -0.125. The lowest BCUT2D eigenvalue weighted by Crippen LogP contribution is -2.52. The van der Waals surface area contributed by atoms with Crippen molar-refractivity contribution in [1.82, 2.24) is 5.32 Å². The molecule has 1 saturated carbocycles. The maximum Gasteiger partial charge on any atom is 0.223 e. The molecule has 0 radical (unpaired) electrons. The first-order valence-electron chi connectivity index (χ1n) is 5.09. The van der Waals surface area contributed by atoms with Gasteiger partial charge < -0.3 is 10.1 Å². The minimum Gasteiger partial charge on any atom is -0.379 e. The molecule has 1 unspecified atom stereocenters. The van der Waals surface area contributed by atoms with Crippen molar-refractivity contribution in [2.75, 3.05) is 13.2 Å². The van der Waals surface area contributed by atoms with Crippen LogP contribution >= 0.6 is 0 Å². The molecule has 1 aliphatic heterocycles. The van der Waals surface area contributed by atoms with E-state index in [9.17, 15) is 4.79 Å². The van der Waals surface area contributed by atoms with Crippen molar-refractivity contribution in [3.05, 3.63) is 0 Å². The minimum atomic E-state index is -0.0993. The number of ether oxygens (including phenoxy) is 1. The molecule has 1 amide bonds. The highest BCUT2D eigenvalue weighted by atomic mass is 16.5. The summed E-state index contributed by atoms with van der Waals surface area (Å²) < 4.78 is 5.37. The fraction of sp³-hybridized carbons (Fsp3) is 0.900. The van der Waals surface area contributed by atoms with Crippen LogP contribution in [0.3, 0.4) is 0 Å². The van der Waals surface area contributed by atoms with Crippen molar-refractivity contribution in [2.24, 2.45) is 5.92 Å². The number of amides is 1.